The maximum absolute atomic E-state index is 12.8. The van der Waals surface area contributed by atoms with E-state index in [-0.39, 0.29) is 22.1 Å². The zero-order valence-corrected chi connectivity index (χ0v) is 14.8. The molecule has 0 unspecified atom stereocenters. The fourth-order valence-electron chi connectivity index (χ4n) is 2.03. The summed E-state index contributed by atoms with van der Waals surface area (Å²) in [6, 6.07) is 7.68. The van der Waals surface area contributed by atoms with Gasteiger partial charge in [0.25, 0.3) is 0 Å². The van der Waals surface area contributed by atoms with E-state index in [0.29, 0.717) is 0 Å². The molecule has 0 saturated heterocycles. The highest BCUT2D eigenvalue weighted by atomic mass is 32.2. The first-order valence-electron chi connectivity index (χ1n) is 7.43. The maximum Gasteiger partial charge on any atom is 0.416 e. The summed E-state index contributed by atoms with van der Waals surface area (Å²) in [6.07, 6.45) is -3.60. The van der Waals surface area contributed by atoms with Gasteiger partial charge >= 0.3 is 6.18 Å². The van der Waals surface area contributed by atoms with Crippen LogP contribution in [0.2, 0.25) is 0 Å². The Morgan fingerprint density at radius 1 is 1.19 bits per heavy atom. The van der Waals surface area contributed by atoms with E-state index in [1.54, 1.807) is 0 Å². The van der Waals surface area contributed by atoms with Gasteiger partial charge in [-0.05, 0) is 49.5 Å². The number of ether oxygens (including phenoxy) is 1. The summed E-state index contributed by atoms with van der Waals surface area (Å²) < 4.78 is 69.9. The number of anilines is 1. The minimum absolute atomic E-state index is 0.0421. The van der Waals surface area contributed by atoms with Gasteiger partial charge in [-0.25, -0.2) is 13.1 Å². The van der Waals surface area contributed by atoms with Crippen LogP contribution in [0.15, 0.2) is 60.0 Å². The lowest BCUT2D eigenvalue weighted by atomic mass is 10.2. The quantitative estimate of drug-likeness (QED) is 0.727. The monoisotopic (exact) mass is 400 g/mol. The topological polar surface area (TPSA) is 84.5 Å². The number of amides is 1. The molecule has 0 aliphatic heterocycles. The van der Waals surface area contributed by atoms with Gasteiger partial charge in [-0.3, -0.25) is 4.79 Å². The number of carbonyl (C=O) groups is 1. The van der Waals surface area contributed by atoms with Crippen LogP contribution in [0.1, 0.15) is 5.56 Å². The van der Waals surface area contributed by atoms with Crippen molar-refractivity contribution in [3.8, 4) is 11.5 Å². The van der Waals surface area contributed by atoms with Crippen molar-refractivity contribution >= 4 is 21.6 Å². The van der Waals surface area contributed by atoms with Gasteiger partial charge in [0.15, 0.2) is 5.75 Å². The van der Waals surface area contributed by atoms with Crippen molar-refractivity contribution in [2.45, 2.75) is 11.1 Å². The predicted octanol–water partition coefficient (Wildman–Crippen LogP) is 3.53. The highest BCUT2D eigenvalue weighted by Gasteiger charge is 2.30. The third-order valence-corrected chi connectivity index (χ3v) is 4.77. The lowest BCUT2D eigenvalue weighted by Crippen LogP contribution is -2.19. The zero-order valence-electron chi connectivity index (χ0n) is 14.0. The lowest BCUT2D eigenvalue weighted by molar-refractivity contribution is -0.137. The van der Waals surface area contributed by atoms with Gasteiger partial charge in [0, 0.05) is 0 Å². The summed E-state index contributed by atoms with van der Waals surface area (Å²) in [4.78, 5) is 11.4. The molecule has 27 heavy (non-hydrogen) atoms. The van der Waals surface area contributed by atoms with Crippen LogP contribution in [-0.2, 0) is 21.0 Å². The highest BCUT2D eigenvalue weighted by molar-refractivity contribution is 7.89. The molecule has 2 N–H and O–H groups in total. The molecule has 0 heterocycles. The van der Waals surface area contributed by atoms with E-state index >= 15 is 0 Å². The molecule has 0 aliphatic rings. The zero-order chi connectivity index (χ0) is 20.2. The van der Waals surface area contributed by atoms with Crippen molar-refractivity contribution < 1.29 is 31.1 Å². The Hall–Kier alpha value is -2.85. The molecule has 0 fully saturated rings. The summed E-state index contributed by atoms with van der Waals surface area (Å²) in [7, 11) is -2.60. The number of halogens is 3. The minimum Gasteiger partial charge on any atom is -0.455 e. The van der Waals surface area contributed by atoms with E-state index in [9.17, 15) is 26.4 Å². The smallest absolute Gasteiger partial charge is 0.416 e. The Kier molecular flexibility index (Phi) is 5.91. The molecule has 144 valence electrons. The number of rotatable bonds is 6. The summed E-state index contributed by atoms with van der Waals surface area (Å²) in [6.45, 7) is 3.29. The van der Waals surface area contributed by atoms with Gasteiger partial charge in [0.05, 0.1) is 16.1 Å². The van der Waals surface area contributed by atoms with Crippen molar-refractivity contribution in [3.63, 3.8) is 0 Å². The molecular formula is C17H15F3N2O4S. The third kappa shape index (κ3) is 5.08. The number of benzene rings is 2. The first-order chi connectivity index (χ1) is 12.6. The third-order valence-electron chi connectivity index (χ3n) is 3.36. The number of hydrogen-bond acceptors (Lipinski definition) is 4. The molecule has 0 spiro atoms. The first kappa shape index (κ1) is 20.5. The fraction of sp³-hybridized carbons (Fsp3) is 0.118. The summed E-state index contributed by atoms with van der Waals surface area (Å²) in [5.41, 5.74) is -0.959. The highest BCUT2D eigenvalue weighted by Crippen LogP contribution is 2.35. The fourth-order valence-corrected chi connectivity index (χ4v) is 2.78. The minimum atomic E-state index is -4.55. The molecule has 0 atom stereocenters. The van der Waals surface area contributed by atoms with Crippen molar-refractivity contribution in [1.82, 2.24) is 4.72 Å². The molecular weight excluding hydrogens is 385 g/mol. The first-order valence-corrected chi connectivity index (χ1v) is 8.91. The second kappa shape index (κ2) is 7.80. The number of hydrogen-bond donors (Lipinski definition) is 2. The van der Waals surface area contributed by atoms with Gasteiger partial charge in [-0.1, -0.05) is 12.6 Å². The summed E-state index contributed by atoms with van der Waals surface area (Å²) in [5.74, 6) is -0.828. The summed E-state index contributed by atoms with van der Waals surface area (Å²) >= 11 is 0. The van der Waals surface area contributed by atoms with Crippen LogP contribution in [0.4, 0.5) is 18.9 Å². The average Bonchev–Trinajstić information content (AvgIpc) is 2.62. The van der Waals surface area contributed by atoms with Gasteiger partial charge in [0.2, 0.25) is 15.9 Å². The van der Waals surface area contributed by atoms with E-state index < -0.39 is 27.7 Å². The van der Waals surface area contributed by atoms with Crippen LogP contribution in [-0.4, -0.2) is 21.4 Å². The summed E-state index contributed by atoms with van der Waals surface area (Å²) in [5, 5.41) is 2.37. The van der Waals surface area contributed by atoms with E-state index in [1.165, 1.54) is 31.3 Å². The molecule has 2 aromatic rings. The van der Waals surface area contributed by atoms with Crippen LogP contribution < -0.4 is 14.8 Å². The maximum atomic E-state index is 12.8. The molecule has 0 aromatic heterocycles. The molecule has 6 nitrogen and oxygen atoms in total. The molecule has 0 radical (unpaired) electrons. The van der Waals surface area contributed by atoms with Crippen LogP contribution in [0.25, 0.3) is 0 Å². The normalized spacial score (nSPS) is 11.7. The second-order valence-corrected chi connectivity index (χ2v) is 7.07. The van der Waals surface area contributed by atoms with Crippen molar-refractivity contribution in [2.24, 2.45) is 0 Å². The second-order valence-electron chi connectivity index (χ2n) is 5.19. The van der Waals surface area contributed by atoms with Crippen LogP contribution in [0, 0.1) is 0 Å². The van der Waals surface area contributed by atoms with Crippen LogP contribution in [0.3, 0.4) is 0 Å². The molecule has 0 saturated carbocycles. The van der Waals surface area contributed by atoms with Gasteiger partial charge < -0.3 is 10.1 Å². The standard InChI is InChI=1S/C17H15F3N2O4S/c1-3-16(23)22-14-10-13(27(24,25)21-2)7-8-15(14)26-12-6-4-5-11(9-12)17(18,19)20/h3-10,21H,1H2,2H3,(H,22,23). The van der Waals surface area contributed by atoms with E-state index in [4.69, 9.17) is 4.74 Å². The molecule has 1 amide bonds. The van der Waals surface area contributed by atoms with Gasteiger partial charge in [-0.15, -0.1) is 0 Å². The van der Waals surface area contributed by atoms with E-state index in [2.05, 4.69) is 16.6 Å². The predicted molar refractivity (Wildman–Crippen MR) is 93.0 cm³/mol. The number of carbonyl (C=O) groups excluding carboxylic acids is 1. The number of nitrogens with one attached hydrogen (secondary N) is 2. The molecule has 2 aromatic carbocycles. The van der Waals surface area contributed by atoms with Gasteiger partial charge in [0.1, 0.15) is 5.75 Å². The Labute approximate surface area is 153 Å². The molecule has 2 rings (SSSR count). The Morgan fingerprint density at radius 3 is 2.48 bits per heavy atom. The SMILES string of the molecule is C=CC(=O)Nc1cc(S(=O)(=O)NC)ccc1Oc1cccc(C(F)(F)F)c1. The molecule has 0 bridgehead atoms. The number of sulfonamides is 1. The largest absolute Gasteiger partial charge is 0.455 e. The average molecular weight is 400 g/mol. The van der Waals surface area contributed by atoms with Crippen molar-refractivity contribution in [1.29, 1.82) is 0 Å². The van der Waals surface area contributed by atoms with E-state index in [1.807, 2.05) is 0 Å². The van der Waals surface area contributed by atoms with Crippen molar-refractivity contribution in [3.05, 3.63) is 60.7 Å². The van der Waals surface area contributed by atoms with Gasteiger partial charge in [-0.2, -0.15) is 13.2 Å². The van der Waals surface area contributed by atoms with Crippen LogP contribution >= 0.6 is 0 Å². The van der Waals surface area contributed by atoms with E-state index in [0.717, 1.165) is 24.3 Å². The Bertz CT molecular complexity index is 972. The van der Waals surface area contributed by atoms with Crippen LogP contribution in [0.5, 0.6) is 11.5 Å². The Morgan fingerprint density at radius 2 is 1.89 bits per heavy atom. The van der Waals surface area contributed by atoms with Crippen molar-refractivity contribution in [2.75, 3.05) is 12.4 Å². The number of alkyl halides is 3. The Balaban J connectivity index is 2.46. The molecule has 10 heteroatoms. The lowest BCUT2D eigenvalue weighted by Gasteiger charge is -2.14. The molecule has 0 aliphatic carbocycles.